The van der Waals surface area contributed by atoms with Gasteiger partial charge in [-0.05, 0) is 98.3 Å². The highest BCUT2D eigenvalue weighted by atomic mass is 16.6. The molecule has 0 aromatic heterocycles. The average molecular weight is 659 g/mol. The number of ether oxygens (including phenoxy) is 5. The summed E-state index contributed by atoms with van der Waals surface area (Å²) in [6, 6.07) is 0. The fraction of sp³-hybridized carbons (Fsp3) is 0.795. The van der Waals surface area contributed by atoms with E-state index in [0.717, 1.165) is 56.9 Å². The van der Waals surface area contributed by atoms with Gasteiger partial charge in [0.05, 0.1) is 72.2 Å². The van der Waals surface area contributed by atoms with Crippen LogP contribution in [0.5, 0.6) is 0 Å². The number of rotatable bonds is 9. The molecule has 5 aliphatic heterocycles. The number of hydrogen-bond acceptors (Lipinski definition) is 8. The van der Waals surface area contributed by atoms with Crippen molar-refractivity contribution in [1.82, 2.24) is 0 Å². The van der Waals surface area contributed by atoms with Crippen LogP contribution >= 0.6 is 0 Å². The van der Waals surface area contributed by atoms with Gasteiger partial charge in [0.1, 0.15) is 6.10 Å². The summed E-state index contributed by atoms with van der Waals surface area (Å²) < 4.78 is 34.2. The topological polar surface area (TPSA) is 107 Å². The summed E-state index contributed by atoms with van der Waals surface area (Å²) in [7, 11) is 0. The van der Waals surface area contributed by atoms with Gasteiger partial charge in [0, 0.05) is 12.8 Å². The molecule has 0 spiro atoms. The third-order valence-corrected chi connectivity index (χ3v) is 12.0. The molecule has 8 heteroatoms. The first-order chi connectivity index (χ1) is 22.3. The van der Waals surface area contributed by atoms with Crippen molar-refractivity contribution in [2.75, 3.05) is 6.61 Å². The van der Waals surface area contributed by atoms with Crippen LogP contribution in [-0.4, -0.2) is 93.7 Å². The van der Waals surface area contributed by atoms with Gasteiger partial charge in [-0.3, -0.25) is 0 Å². The van der Waals surface area contributed by atoms with Crippen LogP contribution < -0.4 is 0 Å². The molecular weight excluding hydrogens is 596 g/mol. The highest BCUT2D eigenvalue weighted by Crippen LogP contribution is 2.49. The second-order valence-electron chi connectivity index (χ2n) is 15.8. The summed E-state index contributed by atoms with van der Waals surface area (Å²) in [6.45, 7) is 16.3. The van der Waals surface area contributed by atoms with Crippen molar-refractivity contribution in [2.24, 2.45) is 5.92 Å². The van der Waals surface area contributed by atoms with E-state index in [0.29, 0.717) is 25.2 Å². The van der Waals surface area contributed by atoms with Crippen molar-refractivity contribution < 1.29 is 39.0 Å². The Morgan fingerprint density at radius 3 is 2.28 bits per heavy atom. The van der Waals surface area contributed by atoms with Crippen LogP contribution in [0.4, 0.5) is 0 Å². The highest BCUT2D eigenvalue weighted by molar-refractivity contribution is 5.26. The molecule has 5 heterocycles. The van der Waals surface area contributed by atoms with Crippen molar-refractivity contribution >= 4 is 0 Å². The molecule has 3 N–H and O–H groups in total. The highest BCUT2D eigenvalue weighted by Gasteiger charge is 2.58. The lowest BCUT2D eigenvalue weighted by molar-refractivity contribution is -0.273. The molecule has 0 radical (unpaired) electrons. The summed E-state index contributed by atoms with van der Waals surface area (Å²) in [4.78, 5) is 0. The van der Waals surface area contributed by atoms with Crippen LogP contribution in [0, 0.1) is 5.92 Å². The minimum Gasteiger partial charge on any atom is -0.392 e. The quantitative estimate of drug-likeness (QED) is 0.249. The smallest absolute Gasteiger partial charge is 0.111 e. The van der Waals surface area contributed by atoms with E-state index in [1.165, 1.54) is 5.57 Å². The van der Waals surface area contributed by atoms with E-state index in [2.05, 4.69) is 46.4 Å². The van der Waals surface area contributed by atoms with E-state index in [-0.39, 0.29) is 49.3 Å². The van der Waals surface area contributed by atoms with Gasteiger partial charge in [0.15, 0.2) is 0 Å². The van der Waals surface area contributed by atoms with E-state index in [4.69, 9.17) is 23.7 Å². The van der Waals surface area contributed by atoms with Crippen molar-refractivity contribution in [3.63, 3.8) is 0 Å². The molecule has 0 bridgehead atoms. The molecule has 5 rings (SSSR count). The summed E-state index contributed by atoms with van der Waals surface area (Å²) in [5.41, 5.74) is 0.159. The van der Waals surface area contributed by atoms with E-state index in [9.17, 15) is 15.3 Å². The van der Waals surface area contributed by atoms with E-state index >= 15 is 0 Å². The fourth-order valence-corrected chi connectivity index (χ4v) is 8.70. The Labute approximate surface area is 283 Å². The Hall–Kier alpha value is -1.36. The van der Waals surface area contributed by atoms with Gasteiger partial charge in [-0.1, -0.05) is 55.0 Å². The van der Waals surface area contributed by atoms with Gasteiger partial charge in [-0.25, -0.2) is 0 Å². The Balaban J connectivity index is 1.26. The molecule has 0 amide bonds. The lowest BCUT2D eigenvalue weighted by Gasteiger charge is -2.49. The van der Waals surface area contributed by atoms with Gasteiger partial charge in [0.2, 0.25) is 0 Å². The first-order valence-corrected chi connectivity index (χ1v) is 18.2. The van der Waals surface area contributed by atoms with Crippen LogP contribution in [0.15, 0.2) is 48.1 Å². The van der Waals surface area contributed by atoms with Gasteiger partial charge >= 0.3 is 0 Å². The molecule has 0 aromatic rings. The number of aliphatic hydroxyl groups excluding tert-OH is 2. The Morgan fingerprint density at radius 2 is 1.53 bits per heavy atom. The van der Waals surface area contributed by atoms with Gasteiger partial charge in [0.25, 0.3) is 0 Å². The molecule has 5 aliphatic rings. The maximum Gasteiger partial charge on any atom is 0.111 e. The SMILES string of the molecule is C=C/C=C/CC[C@H]1O[C@H]2CC[C@@]3(C)O[C@H]4[C@@H](O)C[C@@]5(C)O[C@@H](CC/C=C(C)/C(C)=C/CO)[C@@H](C)C[C@@H]5O[C@@H]4C[C@@H]3O[C@@H]2CC[C@]1(C)O. The van der Waals surface area contributed by atoms with Crippen LogP contribution in [0.25, 0.3) is 0 Å². The zero-order valence-electron chi connectivity index (χ0n) is 29.7. The minimum atomic E-state index is -0.922. The molecular formula is C39H62O8. The third kappa shape index (κ3) is 8.34. The molecule has 5 saturated heterocycles. The minimum absolute atomic E-state index is 0.0494. The number of fused-ring (bicyclic) bond motifs is 4. The zero-order valence-corrected chi connectivity index (χ0v) is 29.7. The van der Waals surface area contributed by atoms with Crippen LogP contribution in [0.2, 0.25) is 0 Å². The van der Waals surface area contributed by atoms with E-state index in [1.807, 2.05) is 26.0 Å². The van der Waals surface area contributed by atoms with Gasteiger partial charge in [-0.2, -0.15) is 0 Å². The molecule has 0 unspecified atom stereocenters. The maximum atomic E-state index is 11.7. The fourth-order valence-electron chi connectivity index (χ4n) is 8.70. The second-order valence-corrected chi connectivity index (χ2v) is 15.8. The lowest BCUT2D eigenvalue weighted by atomic mass is 9.79. The zero-order chi connectivity index (χ0) is 34.0. The summed E-state index contributed by atoms with van der Waals surface area (Å²) in [5.74, 6) is 0.311. The maximum absolute atomic E-state index is 11.7. The lowest BCUT2D eigenvalue weighted by Crippen LogP contribution is -2.59. The van der Waals surface area contributed by atoms with Crippen molar-refractivity contribution in [2.45, 2.75) is 184 Å². The summed E-state index contributed by atoms with van der Waals surface area (Å²) >= 11 is 0. The largest absolute Gasteiger partial charge is 0.392 e. The van der Waals surface area contributed by atoms with Crippen molar-refractivity contribution in [3.8, 4) is 0 Å². The predicted octanol–water partition coefficient (Wildman–Crippen LogP) is 6.27. The normalized spacial score (nSPS) is 46.3. The number of hydrogen-bond donors (Lipinski definition) is 3. The molecule has 0 aliphatic carbocycles. The summed E-state index contributed by atoms with van der Waals surface area (Å²) in [5, 5.41) is 32.3. The van der Waals surface area contributed by atoms with Gasteiger partial charge < -0.3 is 39.0 Å². The van der Waals surface area contributed by atoms with Crippen molar-refractivity contribution in [3.05, 3.63) is 48.1 Å². The Bertz CT molecular complexity index is 1160. The van der Waals surface area contributed by atoms with Crippen LogP contribution in [-0.2, 0) is 23.7 Å². The molecule has 13 atom stereocenters. The predicted molar refractivity (Wildman–Crippen MR) is 183 cm³/mol. The van der Waals surface area contributed by atoms with Crippen LogP contribution in [0.1, 0.15) is 112 Å². The standard InChI is InChI=1S/C39H62O8/c1-8-9-10-11-15-33-37(5,42)19-16-30-31(43-33)17-20-38(6)35(44-30)23-32-36(47-38)28(41)24-39(7)34(45-32)22-27(4)29(46-39)14-12-13-25(2)26(3)18-21-40/h8-10,13,18,27-36,40-42H,1,11-12,14-17,19-24H2,2-7H3/b10-9+,25-13+,26-18+/t27-,28-,29-,30+,31-,32+,33+,34-,35-,36-,37-,38+,39+/m0/s1. The molecule has 47 heavy (non-hydrogen) atoms. The van der Waals surface area contributed by atoms with Crippen LogP contribution in [0.3, 0.4) is 0 Å². The average Bonchev–Trinajstić information content (AvgIpc) is 3.27. The molecule has 5 fully saturated rings. The second kappa shape index (κ2) is 15.3. The number of aliphatic hydroxyl groups is 3. The first-order valence-electron chi connectivity index (χ1n) is 18.2. The third-order valence-electron chi connectivity index (χ3n) is 12.0. The summed E-state index contributed by atoms with van der Waals surface area (Å²) in [6.07, 6.45) is 15.7. The molecule has 8 nitrogen and oxygen atoms in total. The van der Waals surface area contributed by atoms with E-state index < -0.39 is 29.0 Å². The molecule has 0 saturated carbocycles. The van der Waals surface area contributed by atoms with Gasteiger partial charge in [-0.15, -0.1) is 0 Å². The monoisotopic (exact) mass is 658 g/mol. The molecule has 0 aromatic carbocycles. The Morgan fingerprint density at radius 1 is 0.851 bits per heavy atom. The first kappa shape index (κ1) is 36.9. The number of allylic oxidation sites excluding steroid dienone is 6. The van der Waals surface area contributed by atoms with Crippen molar-refractivity contribution in [1.29, 1.82) is 0 Å². The molecule has 266 valence electrons. The Kier molecular flexibility index (Phi) is 12.0. The van der Waals surface area contributed by atoms with E-state index in [1.54, 1.807) is 6.08 Å².